The first-order chi connectivity index (χ1) is 8.84. The second-order valence-electron chi connectivity index (χ2n) is 4.40. The second kappa shape index (κ2) is 6.17. The molecule has 6 N–H and O–H groups in total. The molecule has 0 radical (unpaired) electrons. The predicted octanol–water partition coefficient (Wildman–Crippen LogP) is -0.350. The molecule has 1 unspecified atom stereocenters. The number of rotatable bonds is 5. The van der Waals surface area contributed by atoms with Gasteiger partial charge >= 0.3 is 6.03 Å². The Balaban J connectivity index is 2.60. The Hall–Kier alpha value is -2.12. The Morgan fingerprint density at radius 1 is 1.32 bits per heavy atom. The fourth-order valence-corrected chi connectivity index (χ4v) is 1.28. The average Bonchev–Trinajstić information content (AvgIpc) is 2.36. The largest absolute Gasteiger partial charge is 0.393 e. The van der Waals surface area contributed by atoms with E-state index in [4.69, 9.17) is 10.8 Å². The lowest BCUT2D eigenvalue weighted by Gasteiger charge is -2.20. The van der Waals surface area contributed by atoms with Gasteiger partial charge in [0.25, 0.3) is 5.91 Å². The quantitative estimate of drug-likeness (QED) is 0.500. The van der Waals surface area contributed by atoms with E-state index in [2.05, 4.69) is 10.6 Å². The third-order valence-corrected chi connectivity index (χ3v) is 2.39. The Labute approximate surface area is 110 Å². The Kier molecular flexibility index (Phi) is 4.85. The summed E-state index contributed by atoms with van der Waals surface area (Å²) in [6, 6.07) is 5.40. The molecule has 7 nitrogen and oxygen atoms in total. The topological polar surface area (TPSA) is 125 Å². The van der Waals surface area contributed by atoms with Crippen molar-refractivity contribution in [2.45, 2.75) is 12.5 Å². The Bertz CT molecular complexity index is 457. The SMILES string of the molecule is CC(O)(CO)CNC(=O)c1ccc(NC(N)=O)cc1. The number of anilines is 1. The number of urea groups is 1. The third kappa shape index (κ3) is 4.94. The van der Waals surface area contributed by atoms with Crippen LogP contribution >= 0.6 is 0 Å². The lowest BCUT2D eigenvalue weighted by atomic mass is 10.1. The van der Waals surface area contributed by atoms with Crippen molar-refractivity contribution in [1.82, 2.24) is 5.32 Å². The van der Waals surface area contributed by atoms with Crippen molar-refractivity contribution < 1.29 is 19.8 Å². The lowest BCUT2D eigenvalue weighted by molar-refractivity contribution is 0.00320. The first-order valence-corrected chi connectivity index (χ1v) is 5.62. The Morgan fingerprint density at radius 3 is 2.37 bits per heavy atom. The number of aliphatic hydroxyl groups is 2. The molecule has 1 aromatic rings. The van der Waals surface area contributed by atoms with E-state index in [0.29, 0.717) is 11.3 Å². The summed E-state index contributed by atoms with van der Waals surface area (Å²) in [5, 5.41) is 23.2. The predicted molar refractivity (Wildman–Crippen MR) is 69.7 cm³/mol. The van der Waals surface area contributed by atoms with Crippen LogP contribution in [-0.2, 0) is 0 Å². The minimum absolute atomic E-state index is 0.0659. The summed E-state index contributed by atoms with van der Waals surface area (Å²) in [4.78, 5) is 22.3. The van der Waals surface area contributed by atoms with Crippen molar-refractivity contribution in [2.75, 3.05) is 18.5 Å². The van der Waals surface area contributed by atoms with Crippen LogP contribution in [0.2, 0.25) is 0 Å². The molecule has 3 amide bonds. The van der Waals surface area contributed by atoms with Crippen LogP contribution < -0.4 is 16.4 Å². The normalized spacial score (nSPS) is 13.4. The van der Waals surface area contributed by atoms with Crippen molar-refractivity contribution in [3.05, 3.63) is 29.8 Å². The minimum Gasteiger partial charge on any atom is -0.393 e. The molecule has 1 aromatic carbocycles. The molecule has 0 aromatic heterocycles. The fourth-order valence-electron chi connectivity index (χ4n) is 1.28. The zero-order chi connectivity index (χ0) is 14.5. The molecule has 0 fully saturated rings. The lowest BCUT2D eigenvalue weighted by Crippen LogP contribution is -2.43. The molecule has 0 aliphatic carbocycles. The van der Waals surface area contributed by atoms with E-state index in [-0.39, 0.29) is 12.5 Å². The highest BCUT2D eigenvalue weighted by atomic mass is 16.3. The van der Waals surface area contributed by atoms with Crippen molar-refractivity contribution in [3.63, 3.8) is 0 Å². The molecule has 0 spiro atoms. The average molecular weight is 267 g/mol. The van der Waals surface area contributed by atoms with Crippen LogP contribution in [0.3, 0.4) is 0 Å². The van der Waals surface area contributed by atoms with Gasteiger partial charge in [-0.05, 0) is 31.2 Å². The number of primary amides is 1. The van der Waals surface area contributed by atoms with Crippen LogP contribution in [0.1, 0.15) is 17.3 Å². The molecular weight excluding hydrogens is 250 g/mol. The summed E-state index contributed by atoms with van der Waals surface area (Å²) >= 11 is 0. The van der Waals surface area contributed by atoms with Gasteiger partial charge in [-0.1, -0.05) is 0 Å². The van der Waals surface area contributed by atoms with Gasteiger partial charge in [0.05, 0.1) is 6.61 Å². The van der Waals surface area contributed by atoms with Crippen LogP contribution in [0.15, 0.2) is 24.3 Å². The third-order valence-electron chi connectivity index (χ3n) is 2.39. The molecule has 0 heterocycles. The molecule has 7 heteroatoms. The van der Waals surface area contributed by atoms with Gasteiger partial charge < -0.3 is 26.6 Å². The molecule has 19 heavy (non-hydrogen) atoms. The smallest absolute Gasteiger partial charge is 0.316 e. The first-order valence-electron chi connectivity index (χ1n) is 5.62. The van der Waals surface area contributed by atoms with Gasteiger partial charge in [0.1, 0.15) is 5.60 Å². The first kappa shape index (κ1) is 14.9. The number of nitrogens with one attached hydrogen (secondary N) is 2. The number of hydrogen-bond acceptors (Lipinski definition) is 4. The maximum absolute atomic E-state index is 11.7. The number of carbonyl (C=O) groups excluding carboxylic acids is 2. The highest BCUT2D eigenvalue weighted by molar-refractivity contribution is 5.95. The van der Waals surface area contributed by atoms with Crippen LogP contribution in [0.25, 0.3) is 0 Å². The van der Waals surface area contributed by atoms with Crippen molar-refractivity contribution in [1.29, 1.82) is 0 Å². The van der Waals surface area contributed by atoms with Crippen LogP contribution in [0.4, 0.5) is 10.5 Å². The van der Waals surface area contributed by atoms with Gasteiger partial charge in [-0.15, -0.1) is 0 Å². The van der Waals surface area contributed by atoms with Gasteiger partial charge in [-0.2, -0.15) is 0 Å². The van der Waals surface area contributed by atoms with Crippen LogP contribution in [0, 0.1) is 0 Å². The molecule has 104 valence electrons. The van der Waals surface area contributed by atoms with Crippen molar-refractivity contribution in [2.24, 2.45) is 5.73 Å². The summed E-state index contributed by atoms with van der Waals surface area (Å²) in [5.74, 6) is -0.389. The fraction of sp³-hybridized carbons (Fsp3) is 0.333. The maximum atomic E-state index is 11.7. The van der Waals surface area contributed by atoms with Crippen LogP contribution in [0.5, 0.6) is 0 Å². The van der Waals surface area contributed by atoms with Gasteiger partial charge in [-0.25, -0.2) is 4.79 Å². The zero-order valence-corrected chi connectivity index (χ0v) is 10.5. The van der Waals surface area contributed by atoms with E-state index < -0.39 is 18.2 Å². The van der Waals surface area contributed by atoms with Gasteiger partial charge in [-0.3, -0.25) is 4.79 Å². The van der Waals surface area contributed by atoms with Crippen molar-refractivity contribution >= 4 is 17.6 Å². The molecule has 1 atom stereocenters. The van der Waals surface area contributed by atoms with Crippen LogP contribution in [-0.4, -0.2) is 40.9 Å². The molecule has 0 aliphatic rings. The molecule has 0 bridgehead atoms. The monoisotopic (exact) mass is 267 g/mol. The molecular formula is C12H17N3O4. The zero-order valence-electron chi connectivity index (χ0n) is 10.5. The Morgan fingerprint density at radius 2 is 1.89 bits per heavy atom. The number of aliphatic hydroxyl groups excluding tert-OH is 1. The van der Waals surface area contributed by atoms with E-state index in [1.165, 1.54) is 31.2 Å². The number of nitrogens with two attached hydrogens (primary N) is 1. The maximum Gasteiger partial charge on any atom is 0.316 e. The summed E-state index contributed by atoms with van der Waals surface area (Å²) in [7, 11) is 0. The van der Waals surface area contributed by atoms with E-state index in [1.807, 2.05) is 0 Å². The van der Waals surface area contributed by atoms with E-state index in [9.17, 15) is 14.7 Å². The molecule has 0 saturated carbocycles. The molecule has 0 aliphatic heterocycles. The number of amides is 3. The number of carbonyl (C=O) groups is 2. The van der Waals surface area contributed by atoms with E-state index >= 15 is 0 Å². The highest BCUT2D eigenvalue weighted by Crippen LogP contribution is 2.09. The van der Waals surface area contributed by atoms with Gasteiger partial charge in [0, 0.05) is 17.8 Å². The van der Waals surface area contributed by atoms with E-state index in [1.54, 1.807) is 0 Å². The molecule has 0 saturated heterocycles. The van der Waals surface area contributed by atoms with E-state index in [0.717, 1.165) is 0 Å². The standard InChI is InChI=1S/C12H17N3O4/c1-12(19,7-16)6-14-10(17)8-2-4-9(5-3-8)15-11(13)18/h2-5,16,19H,6-7H2,1H3,(H,14,17)(H3,13,15,18). The summed E-state index contributed by atoms with van der Waals surface area (Å²) in [6.07, 6.45) is 0. The van der Waals surface area contributed by atoms with Gasteiger partial charge in [0.2, 0.25) is 0 Å². The summed E-state index contributed by atoms with van der Waals surface area (Å²) < 4.78 is 0. The summed E-state index contributed by atoms with van der Waals surface area (Å²) in [6.45, 7) is 0.894. The minimum atomic E-state index is -1.36. The highest BCUT2D eigenvalue weighted by Gasteiger charge is 2.20. The number of hydrogen-bond donors (Lipinski definition) is 5. The molecule has 1 rings (SSSR count). The van der Waals surface area contributed by atoms with Crippen molar-refractivity contribution in [3.8, 4) is 0 Å². The van der Waals surface area contributed by atoms with Gasteiger partial charge in [0.15, 0.2) is 0 Å². The summed E-state index contributed by atoms with van der Waals surface area (Å²) in [5.41, 5.74) is 4.44. The second-order valence-corrected chi connectivity index (χ2v) is 4.40. The number of benzene rings is 1.